The van der Waals surface area contributed by atoms with E-state index in [1.165, 1.54) is 10.9 Å². The molecule has 0 amide bonds. The van der Waals surface area contributed by atoms with E-state index in [4.69, 9.17) is 4.74 Å². The number of para-hydroxylation sites is 2. The van der Waals surface area contributed by atoms with Crippen LogP contribution in [0.2, 0.25) is 0 Å². The van der Waals surface area contributed by atoms with Crippen molar-refractivity contribution in [3.8, 4) is 5.75 Å². The monoisotopic (exact) mass is 460 g/mol. The fourth-order valence-electron chi connectivity index (χ4n) is 5.59. The van der Waals surface area contributed by atoms with Crippen molar-refractivity contribution in [2.24, 2.45) is 0 Å². The minimum atomic E-state index is -0.556. The second-order valence-electron chi connectivity index (χ2n) is 8.96. The molecule has 10 nitrogen and oxygen atoms in total. The van der Waals surface area contributed by atoms with Gasteiger partial charge >= 0.3 is 0 Å². The van der Waals surface area contributed by atoms with E-state index in [-0.39, 0.29) is 33.3 Å². The quantitative estimate of drug-likeness (QED) is 0.310. The molecule has 2 unspecified atom stereocenters. The molecule has 6 rings (SSSR count). The number of hydrogen-bond acceptors (Lipinski definition) is 8. The lowest BCUT2D eigenvalue weighted by atomic mass is 9.94. The number of aromatic nitrogens is 4. The van der Waals surface area contributed by atoms with Gasteiger partial charge in [-0.3, -0.25) is 19.5 Å². The first-order valence-electron chi connectivity index (χ1n) is 11.5. The van der Waals surface area contributed by atoms with Gasteiger partial charge in [0.2, 0.25) is 5.78 Å². The van der Waals surface area contributed by atoms with Gasteiger partial charge in [-0.05, 0) is 30.7 Å². The van der Waals surface area contributed by atoms with Crippen molar-refractivity contribution in [3.05, 3.63) is 70.4 Å². The molecule has 3 aromatic rings. The van der Waals surface area contributed by atoms with Crippen LogP contribution in [0.3, 0.4) is 0 Å². The highest BCUT2D eigenvalue weighted by atomic mass is 16.5. The number of nitrogens with zero attached hydrogens (tertiary/aromatic N) is 6. The number of rotatable bonds is 6. The lowest BCUT2D eigenvalue weighted by molar-refractivity contribution is -0.672. The number of benzene rings is 1. The molecule has 34 heavy (non-hydrogen) atoms. The summed E-state index contributed by atoms with van der Waals surface area (Å²) >= 11 is 0. The highest BCUT2D eigenvalue weighted by Gasteiger charge is 2.44. The van der Waals surface area contributed by atoms with E-state index >= 15 is 0 Å². The molecule has 2 fully saturated rings. The Morgan fingerprint density at radius 2 is 1.94 bits per heavy atom. The molecular weight excluding hydrogens is 436 g/mol. The maximum absolute atomic E-state index is 13.0. The first-order chi connectivity index (χ1) is 16.6. The van der Waals surface area contributed by atoms with Crippen LogP contribution in [-0.4, -0.2) is 70.2 Å². The molecule has 174 valence electrons. The first-order valence-corrected chi connectivity index (χ1v) is 11.5. The first kappa shape index (κ1) is 20.8. The number of anilines is 1. The Morgan fingerprint density at radius 1 is 1.09 bits per heavy atom. The zero-order chi connectivity index (χ0) is 23.4. The summed E-state index contributed by atoms with van der Waals surface area (Å²) in [5.74, 6) is -0.0424. The molecule has 0 radical (unpaired) electrons. The van der Waals surface area contributed by atoms with E-state index in [0.29, 0.717) is 25.0 Å². The number of pyridine rings is 1. The number of ketones is 2. The normalized spacial score (nSPS) is 21.1. The zero-order valence-corrected chi connectivity index (χ0v) is 18.8. The van der Waals surface area contributed by atoms with Gasteiger partial charge in [-0.15, -0.1) is 9.53 Å². The van der Waals surface area contributed by atoms with E-state index in [1.807, 2.05) is 18.2 Å². The number of carbonyl (C=O) groups is 2. The molecule has 2 aromatic heterocycles. The molecule has 1 aromatic carbocycles. The molecular formula is C24H24N6O4. The van der Waals surface area contributed by atoms with Gasteiger partial charge in [-0.25, -0.2) is 0 Å². The predicted molar refractivity (Wildman–Crippen MR) is 121 cm³/mol. The van der Waals surface area contributed by atoms with Crippen molar-refractivity contribution in [2.45, 2.75) is 31.5 Å². The van der Waals surface area contributed by atoms with Gasteiger partial charge in [0.05, 0.1) is 23.6 Å². The Morgan fingerprint density at radius 3 is 2.74 bits per heavy atom. The predicted octanol–water partition coefficient (Wildman–Crippen LogP) is 1.05. The molecule has 2 saturated heterocycles. The minimum Gasteiger partial charge on any atom is -0.691 e. The van der Waals surface area contributed by atoms with Gasteiger partial charge in [-0.1, -0.05) is 12.1 Å². The van der Waals surface area contributed by atoms with Crippen molar-refractivity contribution in [3.63, 3.8) is 0 Å². The number of hydrogen-bond donors (Lipinski definition) is 0. The average Bonchev–Trinajstić information content (AvgIpc) is 3.55. The molecule has 2 bridgehead atoms. The molecule has 0 N–H and O–H groups in total. The van der Waals surface area contributed by atoms with Crippen LogP contribution in [0.25, 0.3) is 0 Å². The topological polar surface area (TPSA) is 108 Å². The van der Waals surface area contributed by atoms with Crippen LogP contribution in [0.4, 0.5) is 5.69 Å². The molecule has 4 heterocycles. The van der Waals surface area contributed by atoms with Crippen molar-refractivity contribution in [1.29, 1.82) is 0 Å². The Bertz CT molecular complexity index is 1300. The number of fused-ring (bicyclic) bond motifs is 4. The second-order valence-corrected chi connectivity index (χ2v) is 8.96. The van der Waals surface area contributed by atoms with Gasteiger partial charge in [-0.2, -0.15) is 0 Å². The van der Waals surface area contributed by atoms with Gasteiger partial charge in [0, 0.05) is 44.3 Å². The molecule has 3 aliphatic rings. The summed E-state index contributed by atoms with van der Waals surface area (Å²) in [5.41, 5.74) is 1.19. The summed E-state index contributed by atoms with van der Waals surface area (Å²) < 4.78 is 6.93. The van der Waals surface area contributed by atoms with E-state index in [9.17, 15) is 14.8 Å². The van der Waals surface area contributed by atoms with Crippen LogP contribution in [0.15, 0.2) is 42.6 Å². The third kappa shape index (κ3) is 3.09. The summed E-state index contributed by atoms with van der Waals surface area (Å²) in [6.45, 7) is 3.11. The third-order valence-electron chi connectivity index (χ3n) is 7.12. The van der Waals surface area contributed by atoms with Gasteiger partial charge in [0.25, 0.3) is 17.2 Å². The van der Waals surface area contributed by atoms with Gasteiger partial charge in [0.15, 0.2) is 0 Å². The summed E-state index contributed by atoms with van der Waals surface area (Å²) in [6, 6.07) is 12.2. The largest absolute Gasteiger partial charge is 0.691 e. The summed E-state index contributed by atoms with van der Waals surface area (Å²) in [5, 5.41) is 16.3. The van der Waals surface area contributed by atoms with Crippen molar-refractivity contribution in [2.75, 3.05) is 31.6 Å². The Labute approximate surface area is 195 Å². The third-order valence-corrected chi connectivity index (χ3v) is 7.12. The standard InChI is InChI=1S/C24H24N6O4/c1-34-19-8-3-2-7-18(19)28-14-15-12-16(28)13-27(15)10-5-11-29-21-22(30(33)26-29)24(32)20-17(23(21)31)6-4-9-25-20/h2-4,6-9,15-16H,5,10-14H2,1H3. The maximum Gasteiger partial charge on any atom is 0.258 e. The Kier molecular flexibility index (Phi) is 4.84. The van der Waals surface area contributed by atoms with Gasteiger partial charge in [0.1, 0.15) is 18.0 Å². The molecule has 2 atom stereocenters. The molecule has 1 aliphatic carbocycles. The van der Waals surface area contributed by atoms with E-state index in [0.717, 1.165) is 37.5 Å². The number of piperazine rings is 1. The average molecular weight is 460 g/mol. The zero-order valence-electron chi connectivity index (χ0n) is 18.8. The molecule has 2 aliphatic heterocycles. The number of ether oxygens (including phenoxy) is 1. The smallest absolute Gasteiger partial charge is 0.258 e. The van der Waals surface area contributed by atoms with Crippen molar-refractivity contribution in [1.82, 2.24) is 19.8 Å². The van der Waals surface area contributed by atoms with E-state index in [1.54, 1.807) is 19.2 Å². The fraction of sp³-hybridized carbons (Fsp3) is 0.375. The minimum absolute atomic E-state index is 0.0110. The maximum atomic E-state index is 13.0. The van der Waals surface area contributed by atoms with Crippen LogP contribution in [-0.2, 0) is 6.54 Å². The second kappa shape index (κ2) is 7.91. The van der Waals surface area contributed by atoms with Crippen LogP contribution in [0.5, 0.6) is 5.75 Å². The van der Waals surface area contributed by atoms with Crippen LogP contribution >= 0.6 is 0 Å². The van der Waals surface area contributed by atoms with Crippen molar-refractivity contribution < 1.29 is 19.2 Å². The van der Waals surface area contributed by atoms with Crippen LogP contribution in [0, 0.1) is 5.21 Å². The highest BCUT2D eigenvalue weighted by molar-refractivity contribution is 6.25. The fourth-order valence-corrected chi connectivity index (χ4v) is 5.59. The van der Waals surface area contributed by atoms with Crippen LogP contribution < -0.4 is 14.5 Å². The lowest BCUT2D eigenvalue weighted by Gasteiger charge is -2.36. The number of carbonyl (C=O) groups excluding carboxylic acids is 2. The molecule has 10 heteroatoms. The number of aryl methyl sites for hydroxylation is 1. The van der Waals surface area contributed by atoms with Gasteiger partial charge < -0.3 is 14.8 Å². The molecule has 0 saturated carbocycles. The summed E-state index contributed by atoms with van der Waals surface area (Å²) in [6.07, 6.45) is 3.26. The number of likely N-dealkylation sites (tertiary alicyclic amines) is 1. The SMILES string of the molecule is COc1ccccc1N1CC2CC1CN2CCCn1n[n+]([O-])c2c1C(=O)c1cccnc1C2=O. The summed E-state index contributed by atoms with van der Waals surface area (Å²) in [7, 11) is 1.70. The molecule has 0 spiro atoms. The lowest BCUT2D eigenvalue weighted by Crippen LogP contribution is -2.46. The Hall–Kier alpha value is -3.79. The number of methoxy groups -OCH3 is 1. The van der Waals surface area contributed by atoms with Crippen molar-refractivity contribution >= 4 is 17.3 Å². The Balaban J connectivity index is 1.13. The van der Waals surface area contributed by atoms with Crippen LogP contribution in [0.1, 0.15) is 45.1 Å². The van der Waals surface area contributed by atoms with E-state index in [2.05, 4.69) is 26.1 Å². The van der Waals surface area contributed by atoms with E-state index < -0.39 is 5.78 Å². The highest BCUT2D eigenvalue weighted by Crippen LogP contribution is 2.38. The summed E-state index contributed by atoms with van der Waals surface area (Å²) in [4.78, 5) is 34.9.